The van der Waals surface area contributed by atoms with Gasteiger partial charge in [0, 0.05) is 17.8 Å². The standard InChI is InChI=1S/C14H8F4N2O4/c15-11-5-7(1-3-10(11)14(16,17)18)19-13(22)9-6-8(20(23)24)2-4-12(9)21/h1-6,21H,(H,19,22). The zero-order chi connectivity index (χ0) is 18.1. The summed E-state index contributed by atoms with van der Waals surface area (Å²) in [4.78, 5) is 21.8. The number of nitrogens with one attached hydrogen (secondary N) is 1. The average Bonchev–Trinajstić information content (AvgIpc) is 2.45. The van der Waals surface area contributed by atoms with Crippen molar-refractivity contribution in [1.82, 2.24) is 0 Å². The quantitative estimate of drug-likeness (QED) is 0.504. The molecule has 0 spiro atoms. The summed E-state index contributed by atoms with van der Waals surface area (Å²) in [7, 11) is 0. The molecular formula is C14H8F4N2O4. The summed E-state index contributed by atoms with van der Waals surface area (Å²) >= 11 is 0. The molecule has 10 heteroatoms. The van der Waals surface area contributed by atoms with Gasteiger partial charge in [-0.15, -0.1) is 0 Å². The summed E-state index contributed by atoms with van der Waals surface area (Å²) in [5.74, 6) is -3.22. The molecule has 6 nitrogen and oxygen atoms in total. The molecule has 0 heterocycles. The highest BCUT2D eigenvalue weighted by Crippen LogP contribution is 2.32. The maximum Gasteiger partial charge on any atom is 0.419 e. The zero-order valence-electron chi connectivity index (χ0n) is 11.6. The molecule has 126 valence electrons. The lowest BCUT2D eigenvalue weighted by Crippen LogP contribution is -2.14. The molecule has 0 aliphatic rings. The molecule has 0 bridgehead atoms. The minimum absolute atomic E-state index is 0.309. The summed E-state index contributed by atoms with van der Waals surface area (Å²) < 4.78 is 50.8. The van der Waals surface area contributed by atoms with Crippen molar-refractivity contribution in [2.45, 2.75) is 6.18 Å². The number of hydrogen-bond acceptors (Lipinski definition) is 4. The smallest absolute Gasteiger partial charge is 0.419 e. The second-order valence-corrected chi connectivity index (χ2v) is 4.61. The summed E-state index contributed by atoms with van der Waals surface area (Å²) in [5, 5.41) is 22.3. The molecule has 0 fully saturated rings. The summed E-state index contributed by atoms with van der Waals surface area (Å²) in [5.41, 5.74) is -2.77. The molecule has 0 saturated heterocycles. The average molecular weight is 344 g/mol. The van der Waals surface area contributed by atoms with E-state index in [-0.39, 0.29) is 5.69 Å². The Labute approximate surface area is 131 Å². The number of nitro benzene ring substituents is 1. The van der Waals surface area contributed by atoms with Gasteiger partial charge in [-0.3, -0.25) is 14.9 Å². The first kappa shape index (κ1) is 17.2. The topological polar surface area (TPSA) is 92.5 Å². The van der Waals surface area contributed by atoms with Crippen LogP contribution in [0.25, 0.3) is 0 Å². The molecule has 2 N–H and O–H groups in total. The zero-order valence-corrected chi connectivity index (χ0v) is 11.6. The lowest BCUT2D eigenvalue weighted by molar-refractivity contribution is -0.384. The van der Waals surface area contributed by atoms with Crippen molar-refractivity contribution >= 4 is 17.3 Å². The number of phenols is 1. The van der Waals surface area contributed by atoms with E-state index in [4.69, 9.17) is 0 Å². The van der Waals surface area contributed by atoms with Gasteiger partial charge in [-0.1, -0.05) is 0 Å². The lowest BCUT2D eigenvalue weighted by atomic mass is 10.1. The van der Waals surface area contributed by atoms with Gasteiger partial charge in [-0.2, -0.15) is 13.2 Å². The van der Waals surface area contributed by atoms with Crippen LogP contribution >= 0.6 is 0 Å². The van der Waals surface area contributed by atoms with Gasteiger partial charge in [0.25, 0.3) is 11.6 Å². The number of amides is 1. The van der Waals surface area contributed by atoms with Gasteiger partial charge in [0.2, 0.25) is 0 Å². The molecule has 2 rings (SSSR count). The first-order chi connectivity index (χ1) is 11.1. The van der Waals surface area contributed by atoms with E-state index in [1.54, 1.807) is 0 Å². The number of nitrogens with zero attached hydrogens (tertiary/aromatic N) is 1. The van der Waals surface area contributed by atoms with Crippen LogP contribution in [0.3, 0.4) is 0 Å². The van der Waals surface area contributed by atoms with Crippen LogP contribution < -0.4 is 5.32 Å². The third-order valence-electron chi connectivity index (χ3n) is 2.97. The maximum absolute atomic E-state index is 13.4. The van der Waals surface area contributed by atoms with Gasteiger partial charge < -0.3 is 10.4 Å². The Bertz CT molecular complexity index is 821. The number of non-ortho nitro benzene ring substituents is 1. The number of alkyl halides is 3. The Hall–Kier alpha value is -3.17. The second kappa shape index (κ2) is 6.14. The fourth-order valence-corrected chi connectivity index (χ4v) is 1.84. The van der Waals surface area contributed by atoms with Crippen molar-refractivity contribution in [2.24, 2.45) is 0 Å². The highest BCUT2D eigenvalue weighted by molar-refractivity contribution is 6.06. The summed E-state index contributed by atoms with van der Waals surface area (Å²) in [6.45, 7) is 0. The van der Waals surface area contributed by atoms with Crippen molar-refractivity contribution < 1.29 is 32.4 Å². The van der Waals surface area contributed by atoms with E-state index in [9.17, 15) is 37.6 Å². The van der Waals surface area contributed by atoms with E-state index in [0.29, 0.717) is 12.1 Å². The van der Waals surface area contributed by atoms with E-state index >= 15 is 0 Å². The third-order valence-corrected chi connectivity index (χ3v) is 2.97. The van der Waals surface area contributed by atoms with Crippen molar-refractivity contribution in [1.29, 1.82) is 0 Å². The molecule has 0 saturated carbocycles. The predicted molar refractivity (Wildman–Crippen MR) is 74.1 cm³/mol. The van der Waals surface area contributed by atoms with Gasteiger partial charge >= 0.3 is 6.18 Å². The van der Waals surface area contributed by atoms with Gasteiger partial charge in [-0.05, 0) is 24.3 Å². The second-order valence-electron chi connectivity index (χ2n) is 4.61. The van der Waals surface area contributed by atoms with E-state index in [2.05, 4.69) is 5.32 Å². The minimum atomic E-state index is -4.88. The van der Waals surface area contributed by atoms with Crippen LogP contribution in [0.15, 0.2) is 36.4 Å². The fourth-order valence-electron chi connectivity index (χ4n) is 1.84. The molecule has 0 atom stereocenters. The first-order valence-electron chi connectivity index (χ1n) is 6.25. The number of anilines is 1. The van der Waals surface area contributed by atoms with Crippen molar-refractivity contribution in [2.75, 3.05) is 5.32 Å². The number of halogens is 4. The number of aromatic hydroxyl groups is 1. The molecule has 2 aromatic rings. The fraction of sp³-hybridized carbons (Fsp3) is 0.0714. The number of rotatable bonds is 3. The highest BCUT2D eigenvalue weighted by Gasteiger charge is 2.34. The lowest BCUT2D eigenvalue weighted by Gasteiger charge is -2.10. The monoisotopic (exact) mass is 344 g/mol. The summed E-state index contributed by atoms with van der Waals surface area (Å²) in [6, 6.07) is 4.38. The molecular weight excluding hydrogens is 336 g/mol. The molecule has 2 aromatic carbocycles. The van der Waals surface area contributed by atoms with Crippen molar-refractivity contribution in [3.63, 3.8) is 0 Å². The van der Waals surface area contributed by atoms with Gasteiger partial charge in [0.15, 0.2) is 0 Å². The normalized spacial score (nSPS) is 11.2. The number of hydrogen-bond donors (Lipinski definition) is 2. The predicted octanol–water partition coefficient (Wildman–Crippen LogP) is 3.71. The highest BCUT2D eigenvalue weighted by atomic mass is 19.4. The van der Waals surface area contributed by atoms with Crippen LogP contribution in [-0.2, 0) is 6.18 Å². The Morgan fingerprint density at radius 2 is 1.83 bits per heavy atom. The number of carbonyl (C=O) groups is 1. The number of carbonyl (C=O) groups excluding carboxylic acids is 1. The molecule has 0 aromatic heterocycles. The van der Waals surface area contributed by atoms with E-state index in [0.717, 1.165) is 24.3 Å². The Kier molecular flexibility index (Phi) is 4.40. The molecule has 0 radical (unpaired) electrons. The van der Waals surface area contributed by atoms with E-state index in [1.807, 2.05) is 0 Å². The van der Waals surface area contributed by atoms with Gasteiger partial charge in [0.05, 0.1) is 16.1 Å². The molecule has 0 aliphatic heterocycles. The van der Waals surface area contributed by atoms with Crippen LogP contribution in [0, 0.1) is 15.9 Å². The minimum Gasteiger partial charge on any atom is -0.507 e. The number of nitro groups is 1. The molecule has 0 unspecified atom stereocenters. The molecule has 0 aliphatic carbocycles. The Morgan fingerprint density at radius 3 is 2.38 bits per heavy atom. The Morgan fingerprint density at radius 1 is 1.17 bits per heavy atom. The van der Waals surface area contributed by atoms with E-state index in [1.165, 1.54) is 0 Å². The van der Waals surface area contributed by atoms with Crippen molar-refractivity contribution in [3.8, 4) is 5.75 Å². The first-order valence-corrected chi connectivity index (χ1v) is 6.25. The van der Waals surface area contributed by atoms with Crippen molar-refractivity contribution in [3.05, 3.63) is 63.5 Å². The third kappa shape index (κ3) is 3.59. The van der Waals surface area contributed by atoms with Gasteiger partial charge in [0.1, 0.15) is 11.6 Å². The van der Waals surface area contributed by atoms with Gasteiger partial charge in [-0.25, -0.2) is 4.39 Å². The van der Waals surface area contributed by atoms with Crippen LogP contribution in [-0.4, -0.2) is 15.9 Å². The Balaban J connectivity index is 2.29. The molecule has 24 heavy (non-hydrogen) atoms. The van der Waals surface area contributed by atoms with E-state index < -0.39 is 45.4 Å². The molecule has 1 amide bonds. The summed E-state index contributed by atoms with van der Waals surface area (Å²) in [6.07, 6.45) is -4.88. The number of phenolic OH excluding ortho intramolecular Hbond substituents is 1. The van der Waals surface area contributed by atoms with Crippen LogP contribution in [0.5, 0.6) is 5.75 Å². The maximum atomic E-state index is 13.4. The SMILES string of the molecule is O=C(Nc1ccc(C(F)(F)F)c(F)c1)c1cc([N+](=O)[O-])ccc1O. The van der Waals surface area contributed by atoms with Crippen LogP contribution in [0.1, 0.15) is 15.9 Å². The van der Waals surface area contributed by atoms with Crippen LogP contribution in [0.4, 0.5) is 28.9 Å². The largest absolute Gasteiger partial charge is 0.507 e. The van der Waals surface area contributed by atoms with Crippen LogP contribution in [0.2, 0.25) is 0 Å². The number of benzene rings is 2.